The Morgan fingerprint density at radius 3 is 2.76 bits per heavy atom. The summed E-state index contributed by atoms with van der Waals surface area (Å²) in [6.07, 6.45) is -0.848. The molecule has 0 bridgehead atoms. The van der Waals surface area contributed by atoms with Gasteiger partial charge in [-0.1, -0.05) is 0 Å². The Kier molecular flexibility index (Phi) is 6.76. The normalized spacial score (nSPS) is 19.6. The molecule has 0 unspecified atom stereocenters. The summed E-state index contributed by atoms with van der Waals surface area (Å²) >= 11 is 0. The van der Waals surface area contributed by atoms with Crippen LogP contribution in [0.2, 0.25) is 0 Å². The molecule has 5 rings (SSSR count). The SMILES string of the molecule is Cc1[nH]c2c(-c3cc(C(F)F)ccc3OCC3CC3)ncnc2c1C(=O)N[C@@H]1CN(C(=O)CO)C[C@@H]1F. The largest absolute Gasteiger partial charge is 0.493 e. The van der Waals surface area contributed by atoms with Gasteiger partial charge in [0.1, 0.15) is 36.1 Å². The maximum atomic E-state index is 14.5. The molecule has 2 aromatic heterocycles. The van der Waals surface area contributed by atoms with E-state index in [1.54, 1.807) is 6.92 Å². The number of rotatable bonds is 8. The van der Waals surface area contributed by atoms with Crippen molar-refractivity contribution in [2.24, 2.45) is 5.92 Å². The number of benzene rings is 1. The van der Waals surface area contributed by atoms with Crippen LogP contribution in [0.4, 0.5) is 13.2 Å². The van der Waals surface area contributed by atoms with Crippen molar-refractivity contribution in [2.75, 3.05) is 26.3 Å². The fourth-order valence-corrected chi connectivity index (χ4v) is 4.53. The maximum absolute atomic E-state index is 14.5. The van der Waals surface area contributed by atoms with Gasteiger partial charge in [0, 0.05) is 23.4 Å². The van der Waals surface area contributed by atoms with Crippen molar-refractivity contribution in [1.29, 1.82) is 0 Å². The van der Waals surface area contributed by atoms with Crippen LogP contribution in [0, 0.1) is 12.8 Å². The standard InChI is InChI=1S/C25H26F3N5O4/c1-12-20(25(36)32-17-8-33(7-16(17)26)19(35)9-34)22-23(31-12)21(29-11-30-22)15-6-14(24(27)28)4-5-18(15)37-10-13-2-3-13/h4-6,11,13,16-17,24,31,34H,2-3,7-10H2,1H3,(H,32,36)/t16-,17+/m0/s1. The lowest BCUT2D eigenvalue weighted by Gasteiger charge is -2.16. The minimum absolute atomic E-state index is 0.0734. The van der Waals surface area contributed by atoms with Crippen LogP contribution in [0.5, 0.6) is 5.75 Å². The quantitative estimate of drug-likeness (QED) is 0.423. The second-order valence-electron chi connectivity index (χ2n) is 9.43. The molecule has 3 aromatic rings. The molecular weight excluding hydrogens is 491 g/mol. The topological polar surface area (TPSA) is 120 Å². The number of aryl methyl sites for hydroxylation is 1. The number of carbonyl (C=O) groups is 2. The van der Waals surface area contributed by atoms with Crippen molar-refractivity contribution in [1.82, 2.24) is 25.2 Å². The molecule has 1 aliphatic carbocycles. The minimum atomic E-state index is -2.70. The molecular formula is C25H26F3N5O4. The zero-order chi connectivity index (χ0) is 26.3. The Morgan fingerprint density at radius 2 is 2.05 bits per heavy atom. The van der Waals surface area contributed by atoms with Crippen LogP contribution in [-0.2, 0) is 4.79 Å². The maximum Gasteiger partial charge on any atom is 0.263 e. The van der Waals surface area contributed by atoms with E-state index in [-0.39, 0.29) is 29.7 Å². The van der Waals surface area contributed by atoms with Crippen LogP contribution in [-0.4, -0.2) is 75.3 Å². The molecule has 2 fully saturated rings. The molecule has 0 spiro atoms. The van der Waals surface area contributed by atoms with E-state index in [9.17, 15) is 22.8 Å². The van der Waals surface area contributed by atoms with Crippen LogP contribution in [0.3, 0.4) is 0 Å². The van der Waals surface area contributed by atoms with Crippen LogP contribution in [0.1, 0.15) is 40.9 Å². The molecule has 1 saturated heterocycles. The molecule has 196 valence electrons. The van der Waals surface area contributed by atoms with Gasteiger partial charge in [0.15, 0.2) is 0 Å². The third kappa shape index (κ3) is 4.97. The van der Waals surface area contributed by atoms with E-state index in [1.165, 1.54) is 24.5 Å². The predicted octanol–water partition coefficient (Wildman–Crippen LogP) is 2.93. The van der Waals surface area contributed by atoms with E-state index in [1.807, 2.05) is 0 Å². The lowest BCUT2D eigenvalue weighted by atomic mass is 10.0. The highest BCUT2D eigenvalue weighted by Gasteiger charge is 2.37. The van der Waals surface area contributed by atoms with Gasteiger partial charge in [-0.2, -0.15) is 0 Å². The number of likely N-dealkylation sites (tertiary alicyclic amines) is 1. The monoisotopic (exact) mass is 517 g/mol. The van der Waals surface area contributed by atoms with E-state index in [0.29, 0.717) is 40.7 Å². The summed E-state index contributed by atoms with van der Waals surface area (Å²) in [5, 5.41) is 11.6. The third-order valence-corrected chi connectivity index (χ3v) is 6.73. The lowest BCUT2D eigenvalue weighted by Crippen LogP contribution is -2.42. The molecule has 2 aliphatic rings. The highest BCUT2D eigenvalue weighted by Crippen LogP contribution is 2.38. The number of nitrogens with one attached hydrogen (secondary N) is 2. The summed E-state index contributed by atoms with van der Waals surface area (Å²) in [6, 6.07) is 3.17. The van der Waals surface area contributed by atoms with Crippen molar-refractivity contribution in [3.8, 4) is 17.0 Å². The predicted molar refractivity (Wildman–Crippen MR) is 127 cm³/mol. The number of aromatic nitrogens is 3. The minimum Gasteiger partial charge on any atom is -0.493 e. The summed E-state index contributed by atoms with van der Waals surface area (Å²) < 4.78 is 47.5. The van der Waals surface area contributed by atoms with Crippen molar-refractivity contribution in [3.63, 3.8) is 0 Å². The average molecular weight is 518 g/mol. The average Bonchev–Trinajstić information content (AvgIpc) is 3.55. The first kappa shape index (κ1) is 25.0. The summed E-state index contributed by atoms with van der Waals surface area (Å²) in [7, 11) is 0. The molecule has 1 aromatic carbocycles. The van der Waals surface area contributed by atoms with Gasteiger partial charge in [-0.15, -0.1) is 0 Å². The van der Waals surface area contributed by atoms with Gasteiger partial charge in [0.05, 0.1) is 30.3 Å². The fourth-order valence-electron chi connectivity index (χ4n) is 4.53. The number of ether oxygens (including phenoxy) is 1. The molecule has 3 heterocycles. The van der Waals surface area contributed by atoms with E-state index in [0.717, 1.165) is 17.7 Å². The van der Waals surface area contributed by atoms with Gasteiger partial charge < -0.3 is 25.0 Å². The van der Waals surface area contributed by atoms with Gasteiger partial charge in [-0.3, -0.25) is 9.59 Å². The van der Waals surface area contributed by atoms with Crippen molar-refractivity contribution in [2.45, 2.75) is 38.4 Å². The molecule has 0 radical (unpaired) electrons. The van der Waals surface area contributed by atoms with Gasteiger partial charge in [-0.05, 0) is 43.9 Å². The molecule has 2 atom stereocenters. The number of aliphatic hydroxyl groups excluding tert-OH is 1. The fraction of sp³-hybridized carbons (Fsp3) is 0.440. The number of hydrogen-bond donors (Lipinski definition) is 3. The number of alkyl halides is 3. The molecule has 12 heteroatoms. The van der Waals surface area contributed by atoms with E-state index < -0.39 is 37.1 Å². The first-order chi connectivity index (χ1) is 17.8. The second-order valence-corrected chi connectivity index (χ2v) is 9.43. The summed E-state index contributed by atoms with van der Waals surface area (Å²) in [6.45, 7) is 1.06. The number of fused-ring (bicyclic) bond motifs is 1. The number of aromatic amines is 1. The number of hydrogen-bond acceptors (Lipinski definition) is 6. The van der Waals surface area contributed by atoms with E-state index in [2.05, 4.69) is 20.3 Å². The van der Waals surface area contributed by atoms with Crippen LogP contribution in [0.15, 0.2) is 24.5 Å². The van der Waals surface area contributed by atoms with Gasteiger partial charge in [0.2, 0.25) is 5.91 Å². The highest BCUT2D eigenvalue weighted by molar-refractivity contribution is 6.09. The Labute approximate surface area is 210 Å². The van der Waals surface area contributed by atoms with Crippen molar-refractivity contribution in [3.05, 3.63) is 41.3 Å². The molecule has 9 nitrogen and oxygen atoms in total. The van der Waals surface area contributed by atoms with E-state index >= 15 is 0 Å². The van der Waals surface area contributed by atoms with Gasteiger partial charge in [0.25, 0.3) is 12.3 Å². The zero-order valence-corrected chi connectivity index (χ0v) is 20.0. The summed E-state index contributed by atoms with van der Waals surface area (Å²) in [4.78, 5) is 37.7. The number of H-pyrrole nitrogens is 1. The van der Waals surface area contributed by atoms with Crippen LogP contribution in [0.25, 0.3) is 22.3 Å². The molecule has 1 saturated carbocycles. The smallest absolute Gasteiger partial charge is 0.263 e. The molecule has 3 N–H and O–H groups in total. The van der Waals surface area contributed by atoms with E-state index in [4.69, 9.17) is 9.84 Å². The molecule has 37 heavy (non-hydrogen) atoms. The second kappa shape index (κ2) is 10.0. The van der Waals surface area contributed by atoms with Crippen molar-refractivity contribution < 1.29 is 32.6 Å². The van der Waals surface area contributed by atoms with Gasteiger partial charge in [-0.25, -0.2) is 23.1 Å². The highest BCUT2D eigenvalue weighted by atomic mass is 19.3. The van der Waals surface area contributed by atoms with Crippen LogP contribution >= 0.6 is 0 Å². The Morgan fingerprint density at radius 1 is 1.27 bits per heavy atom. The number of nitrogens with zero attached hydrogens (tertiary/aromatic N) is 3. The van der Waals surface area contributed by atoms with Gasteiger partial charge >= 0.3 is 0 Å². The summed E-state index contributed by atoms with van der Waals surface area (Å²) in [5.74, 6) is -0.388. The molecule has 2 amide bonds. The Bertz CT molecular complexity index is 1340. The first-order valence-corrected chi connectivity index (χ1v) is 12.0. The Hall–Kier alpha value is -3.67. The molecule has 1 aliphatic heterocycles. The lowest BCUT2D eigenvalue weighted by molar-refractivity contribution is -0.133. The summed E-state index contributed by atoms with van der Waals surface area (Å²) in [5.41, 5.74) is 1.63. The Balaban J connectivity index is 1.48. The number of aliphatic hydroxyl groups is 1. The van der Waals surface area contributed by atoms with Crippen molar-refractivity contribution >= 4 is 22.8 Å². The number of halogens is 3. The van der Waals surface area contributed by atoms with Crippen LogP contribution < -0.4 is 10.1 Å². The zero-order valence-electron chi connectivity index (χ0n) is 20.0. The first-order valence-electron chi connectivity index (χ1n) is 12.0. The number of carbonyl (C=O) groups excluding carboxylic acids is 2. The number of amides is 2. The third-order valence-electron chi connectivity index (χ3n) is 6.73.